The van der Waals surface area contributed by atoms with Gasteiger partial charge in [-0.05, 0) is 25.5 Å². The Morgan fingerprint density at radius 2 is 2.28 bits per heavy atom. The molecule has 0 unspecified atom stereocenters. The van der Waals surface area contributed by atoms with Crippen molar-refractivity contribution in [1.82, 2.24) is 9.97 Å². The first-order chi connectivity index (χ1) is 8.81. The highest BCUT2D eigenvalue weighted by atomic mass is 32.1. The van der Waals surface area contributed by atoms with E-state index in [-0.39, 0.29) is 0 Å². The van der Waals surface area contributed by atoms with Crippen LogP contribution >= 0.6 is 11.3 Å². The Morgan fingerprint density at radius 1 is 1.39 bits per heavy atom. The molecule has 18 heavy (non-hydrogen) atoms. The average molecular weight is 263 g/mol. The molecular formula is C13H17N3OS. The van der Waals surface area contributed by atoms with Crippen LogP contribution < -0.4 is 10.1 Å². The van der Waals surface area contributed by atoms with Crippen molar-refractivity contribution in [2.45, 2.75) is 26.8 Å². The monoisotopic (exact) mass is 263 g/mol. The summed E-state index contributed by atoms with van der Waals surface area (Å²) >= 11 is 1.65. The second-order valence-corrected chi connectivity index (χ2v) is 4.85. The molecule has 2 aromatic heterocycles. The minimum absolute atomic E-state index is 0.708. The summed E-state index contributed by atoms with van der Waals surface area (Å²) in [6.07, 6.45) is 2.75. The van der Waals surface area contributed by atoms with Crippen LogP contribution in [-0.2, 0) is 6.54 Å². The summed E-state index contributed by atoms with van der Waals surface area (Å²) in [4.78, 5) is 9.76. The third kappa shape index (κ3) is 3.20. The molecule has 2 heterocycles. The molecule has 0 saturated heterocycles. The zero-order valence-corrected chi connectivity index (χ0v) is 11.5. The van der Waals surface area contributed by atoms with Crippen LogP contribution in [0.2, 0.25) is 0 Å². The minimum atomic E-state index is 0.708. The van der Waals surface area contributed by atoms with Crippen LogP contribution in [0.25, 0.3) is 0 Å². The third-order valence-corrected chi connectivity index (χ3v) is 3.43. The largest absolute Gasteiger partial charge is 0.490 e. The van der Waals surface area contributed by atoms with Crippen LogP contribution in [-0.4, -0.2) is 16.6 Å². The number of anilines is 1. The summed E-state index contributed by atoms with van der Waals surface area (Å²) in [6.45, 7) is 5.54. The minimum Gasteiger partial charge on any atom is -0.490 e. The lowest BCUT2D eigenvalue weighted by atomic mass is 10.3. The SMILES string of the molecule is CCCOc1cccnc1NCc1scnc1C. The van der Waals surface area contributed by atoms with Gasteiger partial charge in [-0.2, -0.15) is 0 Å². The fourth-order valence-corrected chi connectivity index (χ4v) is 2.23. The molecule has 4 nitrogen and oxygen atoms in total. The molecule has 0 saturated carbocycles. The Morgan fingerprint density at radius 3 is 3.00 bits per heavy atom. The molecule has 0 aliphatic heterocycles. The Kier molecular flexibility index (Phi) is 4.52. The molecule has 0 atom stereocenters. The lowest BCUT2D eigenvalue weighted by Crippen LogP contribution is -2.05. The number of hydrogen-bond donors (Lipinski definition) is 1. The van der Waals surface area contributed by atoms with Crippen LogP contribution in [0, 0.1) is 6.92 Å². The summed E-state index contributed by atoms with van der Waals surface area (Å²) in [5.41, 5.74) is 2.93. The van der Waals surface area contributed by atoms with E-state index in [0.29, 0.717) is 6.61 Å². The van der Waals surface area contributed by atoms with E-state index in [2.05, 4.69) is 22.2 Å². The Hall–Kier alpha value is -1.62. The van der Waals surface area contributed by atoms with Crippen LogP contribution in [0.15, 0.2) is 23.8 Å². The molecular weight excluding hydrogens is 246 g/mol. The first-order valence-electron chi connectivity index (χ1n) is 6.02. The van der Waals surface area contributed by atoms with Crippen molar-refractivity contribution in [1.29, 1.82) is 0 Å². The first-order valence-corrected chi connectivity index (χ1v) is 6.90. The maximum absolute atomic E-state index is 5.65. The van der Waals surface area contributed by atoms with Crippen molar-refractivity contribution in [3.63, 3.8) is 0 Å². The van der Waals surface area contributed by atoms with Crippen LogP contribution in [0.1, 0.15) is 23.9 Å². The van der Waals surface area contributed by atoms with Gasteiger partial charge in [-0.15, -0.1) is 11.3 Å². The van der Waals surface area contributed by atoms with Crippen molar-refractivity contribution < 1.29 is 4.74 Å². The van der Waals surface area contributed by atoms with Gasteiger partial charge < -0.3 is 10.1 Å². The predicted molar refractivity (Wildman–Crippen MR) is 74.2 cm³/mol. The molecule has 0 aromatic carbocycles. The fourth-order valence-electron chi connectivity index (χ4n) is 1.51. The number of nitrogens with zero attached hydrogens (tertiary/aromatic N) is 2. The lowest BCUT2D eigenvalue weighted by molar-refractivity contribution is 0.318. The van der Waals surface area contributed by atoms with E-state index >= 15 is 0 Å². The van der Waals surface area contributed by atoms with E-state index in [4.69, 9.17) is 4.74 Å². The zero-order chi connectivity index (χ0) is 12.8. The fraction of sp³-hybridized carbons (Fsp3) is 0.385. The van der Waals surface area contributed by atoms with Crippen molar-refractivity contribution >= 4 is 17.2 Å². The van der Waals surface area contributed by atoms with Crippen LogP contribution in [0.3, 0.4) is 0 Å². The normalized spacial score (nSPS) is 10.3. The van der Waals surface area contributed by atoms with E-state index in [9.17, 15) is 0 Å². The molecule has 5 heteroatoms. The van der Waals surface area contributed by atoms with Gasteiger partial charge in [0.25, 0.3) is 0 Å². The van der Waals surface area contributed by atoms with Gasteiger partial charge in [-0.3, -0.25) is 0 Å². The lowest BCUT2D eigenvalue weighted by Gasteiger charge is -2.11. The molecule has 2 aromatic rings. The topological polar surface area (TPSA) is 47.0 Å². The number of hydrogen-bond acceptors (Lipinski definition) is 5. The predicted octanol–water partition coefficient (Wildman–Crippen LogP) is 3.25. The molecule has 0 bridgehead atoms. The quantitative estimate of drug-likeness (QED) is 0.869. The maximum atomic E-state index is 5.65. The van der Waals surface area contributed by atoms with E-state index in [0.717, 1.165) is 30.2 Å². The zero-order valence-electron chi connectivity index (χ0n) is 10.6. The number of aryl methyl sites for hydroxylation is 1. The van der Waals surface area contributed by atoms with Gasteiger partial charge in [0, 0.05) is 11.1 Å². The van der Waals surface area contributed by atoms with Crippen molar-refractivity contribution in [3.8, 4) is 5.75 Å². The summed E-state index contributed by atoms with van der Waals surface area (Å²) in [5.74, 6) is 1.60. The smallest absolute Gasteiger partial charge is 0.169 e. The van der Waals surface area contributed by atoms with Gasteiger partial charge in [0.1, 0.15) is 0 Å². The molecule has 0 spiro atoms. The molecule has 1 N–H and O–H groups in total. The third-order valence-electron chi connectivity index (χ3n) is 2.49. The first kappa shape index (κ1) is 12.8. The number of nitrogens with one attached hydrogen (secondary N) is 1. The molecule has 0 radical (unpaired) electrons. The van der Waals surface area contributed by atoms with E-state index in [1.165, 1.54) is 4.88 Å². The summed E-state index contributed by atoms with van der Waals surface area (Å²) in [5, 5.41) is 3.30. The van der Waals surface area contributed by atoms with Crippen molar-refractivity contribution in [2.75, 3.05) is 11.9 Å². The van der Waals surface area contributed by atoms with Gasteiger partial charge in [0.05, 0.1) is 24.4 Å². The van der Waals surface area contributed by atoms with Gasteiger partial charge in [0.15, 0.2) is 11.6 Å². The summed E-state index contributed by atoms with van der Waals surface area (Å²) in [7, 11) is 0. The van der Waals surface area contributed by atoms with Gasteiger partial charge >= 0.3 is 0 Å². The van der Waals surface area contributed by atoms with E-state index < -0.39 is 0 Å². The van der Waals surface area contributed by atoms with Crippen molar-refractivity contribution in [3.05, 3.63) is 34.4 Å². The van der Waals surface area contributed by atoms with E-state index in [1.54, 1.807) is 17.5 Å². The van der Waals surface area contributed by atoms with Crippen LogP contribution in [0.5, 0.6) is 5.75 Å². The highest BCUT2D eigenvalue weighted by Crippen LogP contribution is 2.22. The second kappa shape index (κ2) is 6.35. The second-order valence-electron chi connectivity index (χ2n) is 3.91. The highest BCUT2D eigenvalue weighted by Gasteiger charge is 2.06. The number of aromatic nitrogens is 2. The number of ether oxygens (including phenoxy) is 1. The average Bonchev–Trinajstić information content (AvgIpc) is 2.80. The van der Waals surface area contributed by atoms with Gasteiger partial charge in [-0.25, -0.2) is 9.97 Å². The van der Waals surface area contributed by atoms with E-state index in [1.807, 2.05) is 24.6 Å². The molecule has 0 amide bonds. The number of pyridine rings is 1. The molecule has 0 fully saturated rings. The Bertz CT molecular complexity index is 498. The number of thiazole rings is 1. The summed E-state index contributed by atoms with van der Waals surface area (Å²) in [6, 6.07) is 3.82. The Labute approximate surface area is 111 Å². The molecule has 2 rings (SSSR count). The van der Waals surface area contributed by atoms with Gasteiger partial charge in [0.2, 0.25) is 0 Å². The molecule has 96 valence electrons. The van der Waals surface area contributed by atoms with Gasteiger partial charge in [-0.1, -0.05) is 6.92 Å². The highest BCUT2D eigenvalue weighted by molar-refractivity contribution is 7.09. The molecule has 0 aliphatic rings. The number of rotatable bonds is 6. The summed E-state index contributed by atoms with van der Waals surface area (Å²) < 4.78 is 5.65. The standard InChI is InChI=1S/C13H17N3OS/c1-3-7-17-11-5-4-6-14-13(11)15-8-12-10(2)16-9-18-12/h4-6,9H,3,7-8H2,1-2H3,(H,14,15). The molecule has 0 aliphatic carbocycles. The van der Waals surface area contributed by atoms with Crippen molar-refractivity contribution in [2.24, 2.45) is 0 Å². The Balaban J connectivity index is 2.02. The maximum Gasteiger partial charge on any atom is 0.169 e. The van der Waals surface area contributed by atoms with Crippen LogP contribution in [0.4, 0.5) is 5.82 Å².